The zero-order valence-electron chi connectivity index (χ0n) is 18.8. The number of fused-ring (bicyclic) bond motifs is 2. The van der Waals surface area contributed by atoms with Gasteiger partial charge in [-0.2, -0.15) is 0 Å². The molecule has 0 saturated heterocycles. The number of urea groups is 1. The van der Waals surface area contributed by atoms with E-state index in [9.17, 15) is 19.2 Å². The van der Waals surface area contributed by atoms with Gasteiger partial charge in [0, 0.05) is 17.8 Å². The fourth-order valence-corrected chi connectivity index (χ4v) is 4.44. The summed E-state index contributed by atoms with van der Waals surface area (Å²) in [5.41, 5.74) is 1.64. The number of benzene rings is 2. The summed E-state index contributed by atoms with van der Waals surface area (Å²) in [6.45, 7) is 0.208. The van der Waals surface area contributed by atoms with Crippen LogP contribution in [0.3, 0.4) is 0 Å². The molecule has 1 aromatic heterocycles. The zero-order chi connectivity index (χ0) is 24.4. The smallest absolute Gasteiger partial charge is 0.338 e. The maximum absolute atomic E-state index is 12.4. The van der Waals surface area contributed by atoms with Crippen LogP contribution >= 0.6 is 0 Å². The lowest BCUT2D eigenvalue weighted by atomic mass is 10.2. The van der Waals surface area contributed by atoms with Gasteiger partial charge in [-0.25, -0.2) is 14.4 Å². The number of anilines is 1. The molecule has 3 aromatic rings. The number of amides is 3. The maximum Gasteiger partial charge on any atom is 0.338 e. The number of imidazole rings is 1. The number of hydrogen-bond donors (Lipinski definition) is 3. The molecule has 1 saturated carbocycles. The molecule has 0 unspecified atom stereocenters. The van der Waals surface area contributed by atoms with Crippen molar-refractivity contribution in [1.29, 1.82) is 0 Å². The van der Waals surface area contributed by atoms with Crippen LogP contribution in [0.25, 0.3) is 11.0 Å². The minimum absolute atomic E-state index is 0.158. The third-order valence-electron chi connectivity index (χ3n) is 6.03. The number of H-pyrrole nitrogens is 1. The number of esters is 1. The normalized spacial score (nSPS) is 15.1. The minimum atomic E-state index is -0.796. The Morgan fingerprint density at radius 2 is 1.80 bits per heavy atom. The maximum atomic E-state index is 12.4. The Labute approximate surface area is 199 Å². The van der Waals surface area contributed by atoms with E-state index in [0.29, 0.717) is 35.9 Å². The predicted molar refractivity (Wildman–Crippen MR) is 125 cm³/mol. The first-order chi connectivity index (χ1) is 17.0. The first-order valence-corrected chi connectivity index (χ1v) is 11.4. The predicted octanol–water partition coefficient (Wildman–Crippen LogP) is 2.72. The van der Waals surface area contributed by atoms with E-state index in [1.165, 1.54) is 6.07 Å². The molecule has 2 aliphatic rings. The molecule has 3 amide bonds. The molecule has 1 aliphatic heterocycles. The molecular formula is C24H24N4O7. The van der Waals surface area contributed by atoms with Crippen LogP contribution in [-0.2, 0) is 9.53 Å². The molecule has 0 bridgehead atoms. The molecular weight excluding hydrogens is 456 g/mol. The van der Waals surface area contributed by atoms with Gasteiger partial charge in [0.05, 0.1) is 16.6 Å². The van der Waals surface area contributed by atoms with Crippen LogP contribution in [-0.4, -0.2) is 47.3 Å². The molecule has 3 N–H and O–H groups in total. The van der Waals surface area contributed by atoms with E-state index >= 15 is 0 Å². The summed E-state index contributed by atoms with van der Waals surface area (Å²) < 4.78 is 17.6. The third kappa shape index (κ3) is 4.84. The number of nitrogens with one attached hydrogen (secondary N) is 3. The molecule has 0 atom stereocenters. The van der Waals surface area contributed by atoms with Gasteiger partial charge < -0.3 is 24.5 Å². The number of rotatable bonds is 5. The van der Waals surface area contributed by atoms with Crippen molar-refractivity contribution in [2.75, 3.05) is 25.1 Å². The fourth-order valence-electron chi connectivity index (χ4n) is 4.44. The molecule has 11 heteroatoms. The lowest BCUT2D eigenvalue weighted by Gasteiger charge is -2.19. The molecule has 182 valence electrons. The molecule has 2 heterocycles. The molecule has 1 fully saturated rings. The van der Waals surface area contributed by atoms with Crippen LogP contribution in [0.5, 0.6) is 11.5 Å². The van der Waals surface area contributed by atoms with Crippen LogP contribution in [0.15, 0.2) is 41.2 Å². The third-order valence-corrected chi connectivity index (χ3v) is 6.03. The molecule has 5 rings (SSSR count). The Bertz CT molecular complexity index is 1350. The van der Waals surface area contributed by atoms with E-state index in [-0.39, 0.29) is 17.3 Å². The van der Waals surface area contributed by atoms with Crippen molar-refractivity contribution in [1.82, 2.24) is 14.9 Å². The second-order valence-corrected chi connectivity index (χ2v) is 8.41. The molecule has 11 nitrogen and oxygen atoms in total. The average Bonchev–Trinajstić information content (AvgIpc) is 3.48. The van der Waals surface area contributed by atoms with Gasteiger partial charge in [0.15, 0.2) is 18.1 Å². The quantitative estimate of drug-likeness (QED) is 0.477. The van der Waals surface area contributed by atoms with Crippen molar-refractivity contribution in [2.24, 2.45) is 0 Å². The van der Waals surface area contributed by atoms with Crippen molar-refractivity contribution in [3.63, 3.8) is 0 Å². The highest BCUT2D eigenvalue weighted by Gasteiger charge is 2.22. The standard InChI is InChI=1S/C24H24N4O7/c29-21(27-23(31)25-15-6-8-19-20(12-15)34-10-9-33-19)13-35-22(30)14-5-7-18-17(11-14)26-24(32)28(18)16-3-1-2-4-16/h5-8,11-12,16H,1-4,9-10,13H2,(H,26,32)(H2,25,27,29,31). The van der Waals surface area contributed by atoms with Crippen LogP contribution in [0.1, 0.15) is 42.1 Å². The SMILES string of the molecule is O=C(COC(=O)c1ccc2c(c1)[nH]c(=O)n2C1CCCC1)NC(=O)Nc1ccc2c(c1)OCCO2. The van der Waals surface area contributed by atoms with E-state index in [4.69, 9.17) is 14.2 Å². The van der Waals surface area contributed by atoms with Crippen molar-refractivity contribution in [3.8, 4) is 11.5 Å². The first-order valence-electron chi connectivity index (χ1n) is 11.4. The monoisotopic (exact) mass is 480 g/mol. The Morgan fingerprint density at radius 3 is 2.60 bits per heavy atom. The Morgan fingerprint density at radius 1 is 1.03 bits per heavy atom. The van der Waals surface area contributed by atoms with Crippen molar-refractivity contribution < 1.29 is 28.6 Å². The van der Waals surface area contributed by atoms with E-state index in [1.54, 1.807) is 34.9 Å². The van der Waals surface area contributed by atoms with E-state index < -0.39 is 24.5 Å². The number of hydrogen-bond acceptors (Lipinski definition) is 7. The molecule has 0 radical (unpaired) electrons. The van der Waals surface area contributed by atoms with E-state index in [0.717, 1.165) is 31.2 Å². The summed E-state index contributed by atoms with van der Waals surface area (Å²) in [7, 11) is 0. The zero-order valence-corrected chi connectivity index (χ0v) is 18.8. The van der Waals surface area contributed by atoms with Crippen molar-refractivity contribution in [3.05, 3.63) is 52.4 Å². The van der Waals surface area contributed by atoms with E-state index in [2.05, 4.69) is 15.6 Å². The summed E-state index contributed by atoms with van der Waals surface area (Å²) in [6, 6.07) is 8.99. The molecule has 1 aliphatic carbocycles. The molecule has 35 heavy (non-hydrogen) atoms. The van der Waals surface area contributed by atoms with Gasteiger partial charge in [-0.05, 0) is 43.2 Å². The summed E-state index contributed by atoms with van der Waals surface area (Å²) in [6.07, 6.45) is 4.08. The van der Waals surface area contributed by atoms with Gasteiger partial charge >= 0.3 is 17.7 Å². The topological polar surface area (TPSA) is 141 Å². The van der Waals surface area contributed by atoms with Crippen LogP contribution in [0.2, 0.25) is 0 Å². The highest BCUT2D eigenvalue weighted by molar-refractivity contribution is 6.02. The average molecular weight is 480 g/mol. The van der Waals surface area contributed by atoms with Gasteiger partial charge in [0.2, 0.25) is 0 Å². The van der Waals surface area contributed by atoms with Crippen LogP contribution in [0.4, 0.5) is 10.5 Å². The first kappa shape index (κ1) is 22.5. The number of ether oxygens (including phenoxy) is 3. The van der Waals surface area contributed by atoms with Gasteiger partial charge in [-0.3, -0.25) is 14.7 Å². The summed E-state index contributed by atoms with van der Waals surface area (Å²) in [5.74, 6) is -0.479. The summed E-state index contributed by atoms with van der Waals surface area (Å²) >= 11 is 0. The number of aromatic nitrogens is 2. The fraction of sp³-hybridized carbons (Fsp3) is 0.333. The van der Waals surface area contributed by atoms with E-state index in [1.807, 2.05) is 0 Å². The van der Waals surface area contributed by atoms with Gasteiger partial charge in [-0.1, -0.05) is 12.8 Å². The van der Waals surface area contributed by atoms with Crippen molar-refractivity contribution >= 4 is 34.6 Å². The summed E-state index contributed by atoms with van der Waals surface area (Å²) in [4.78, 5) is 51.8. The van der Waals surface area contributed by atoms with Gasteiger partial charge in [0.25, 0.3) is 5.91 Å². The number of carbonyl (C=O) groups excluding carboxylic acids is 3. The lowest BCUT2D eigenvalue weighted by Crippen LogP contribution is -2.37. The highest BCUT2D eigenvalue weighted by Crippen LogP contribution is 2.33. The lowest BCUT2D eigenvalue weighted by molar-refractivity contribution is -0.123. The van der Waals surface area contributed by atoms with Gasteiger partial charge in [-0.15, -0.1) is 0 Å². The number of imide groups is 1. The largest absolute Gasteiger partial charge is 0.486 e. The summed E-state index contributed by atoms with van der Waals surface area (Å²) in [5, 5.41) is 4.61. The highest BCUT2D eigenvalue weighted by atomic mass is 16.6. The van der Waals surface area contributed by atoms with Crippen LogP contribution < -0.4 is 25.8 Å². The van der Waals surface area contributed by atoms with Gasteiger partial charge in [0.1, 0.15) is 13.2 Å². The number of aromatic amines is 1. The Balaban J connectivity index is 1.16. The van der Waals surface area contributed by atoms with Crippen LogP contribution in [0, 0.1) is 0 Å². The molecule has 0 spiro atoms. The Hall–Kier alpha value is -4.28. The Kier molecular flexibility index (Phi) is 6.13. The number of nitrogens with zero attached hydrogens (tertiary/aromatic N) is 1. The minimum Gasteiger partial charge on any atom is -0.486 e. The second-order valence-electron chi connectivity index (χ2n) is 8.41. The second kappa shape index (κ2) is 9.53. The van der Waals surface area contributed by atoms with Crippen molar-refractivity contribution in [2.45, 2.75) is 31.7 Å². The number of carbonyl (C=O) groups is 3. The molecule has 2 aromatic carbocycles.